The van der Waals surface area contributed by atoms with E-state index in [4.69, 9.17) is 9.47 Å². The summed E-state index contributed by atoms with van der Waals surface area (Å²) in [7, 11) is 7.42. The van der Waals surface area contributed by atoms with Crippen LogP contribution in [0.25, 0.3) is 21.7 Å². The number of carbonyl (C=O) groups is 2. The van der Waals surface area contributed by atoms with Gasteiger partial charge in [-0.25, -0.2) is 24.5 Å². The molecule has 0 aromatic carbocycles. The Kier molecular flexibility index (Phi) is 11.0. The van der Waals surface area contributed by atoms with E-state index in [2.05, 4.69) is 25.6 Å². The zero-order valence-corrected chi connectivity index (χ0v) is 24.1. The Labute approximate surface area is 239 Å². The Morgan fingerprint density at radius 2 is 1.68 bits per heavy atom. The number of nitrogens with one attached hydrogen (secondary N) is 2. The van der Waals surface area contributed by atoms with Crippen molar-refractivity contribution in [2.75, 3.05) is 66.4 Å². The highest BCUT2D eigenvalue weighted by Crippen LogP contribution is 2.40. The fourth-order valence-corrected chi connectivity index (χ4v) is 4.22. The summed E-state index contributed by atoms with van der Waals surface area (Å²) in [5.41, 5.74) is -0.127. The van der Waals surface area contributed by atoms with Crippen molar-refractivity contribution in [3.8, 4) is 27.6 Å². The number of likely N-dealkylation sites (N-methyl/N-ethyl adjacent to an activating group) is 2. The maximum absolute atomic E-state index is 13.4. The molecule has 3 aromatic rings. The van der Waals surface area contributed by atoms with E-state index in [1.54, 1.807) is 6.92 Å². The van der Waals surface area contributed by atoms with Crippen LogP contribution in [0.5, 0.6) is 5.88 Å². The van der Waals surface area contributed by atoms with Gasteiger partial charge in [-0.15, -0.1) is 11.3 Å². The van der Waals surface area contributed by atoms with Crippen molar-refractivity contribution in [2.45, 2.75) is 13.1 Å². The van der Waals surface area contributed by atoms with Crippen molar-refractivity contribution in [1.82, 2.24) is 30.1 Å². The normalized spacial score (nSPS) is 11.6. The highest BCUT2D eigenvalue weighted by Gasteiger charge is 2.34. The van der Waals surface area contributed by atoms with Gasteiger partial charge in [0.15, 0.2) is 5.69 Å². The molecule has 15 heteroatoms. The molecule has 2 N–H and O–H groups in total. The van der Waals surface area contributed by atoms with E-state index < -0.39 is 23.9 Å². The molecule has 2 amide bonds. The first kappa shape index (κ1) is 31.7. The lowest BCUT2D eigenvalue weighted by atomic mass is 10.0. The molecule has 0 radical (unpaired) electrons. The van der Waals surface area contributed by atoms with E-state index in [9.17, 15) is 22.8 Å². The first-order chi connectivity index (χ1) is 19.4. The molecule has 0 aliphatic carbocycles. The standard InChI is InChI=1S/C26H32F3N7O4S/c1-6-30-25(38)34-21-12-18(23-33-20(15-41-23)26(27,28)29)19(14-31-21)17-11-16(24(37)40-10-8-36(4)5)13-32-22(17)39-9-7-35(2)3/h11-15H,6-10H2,1-5H3,(H2,30,31,34,38). The number of halogens is 3. The quantitative estimate of drug-likeness (QED) is 0.298. The second kappa shape index (κ2) is 14.2. The van der Waals surface area contributed by atoms with E-state index in [1.807, 2.05) is 38.0 Å². The highest BCUT2D eigenvalue weighted by atomic mass is 32.1. The van der Waals surface area contributed by atoms with Gasteiger partial charge in [-0.3, -0.25) is 5.32 Å². The van der Waals surface area contributed by atoms with Crippen LogP contribution in [-0.4, -0.2) is 97.8 Å². The molecule has 222 valence electrons. The maximum Gasteiger partial charge on any atom is 0.434 e. The third kappa shape index (κ3) is 9.09. The summed E-state index contributed by atoms with van der Waals surface area (Å²) in [6.45, 7) is 3.55. The number of hydrogen-bond acceptors (Lipinski definition) is 10. The molecule has 0 atom stereocenters. The summed E-state index contributed by atoms with van der Waals surface area (Å²) in [4.78, 5) is 41.1. The van der Waals surface area contributed by atoms with E-state index in [1.165, 1.54) is 24.5 Å². The molecule has 41 heavy (non-hydrogen) atoms. The molecule has 11 nitrogen and oxygen atoms in total. The van der Waals surface area contributed by atoms with Crippen LogP contribution in [0.4, 0.5) is 23.8 Å². The fraction of sp³-hybridized carbons (Fsp3) is 0.423. The van der Waals surface area contributed by atoms with Crippen molar-refractivity contribution < 1.29 is 32.2 Å². The molecule has 0 aliphatic heterocycles. The van der Waals surface area contributed by atoms with Crippen molar-refractivity contribution in [2.24, 2.45) is 0 Å². The summed E-state index contributed by atoms with van der Waals surface area (Å²) >= 11 is 0.777. The van der Waals surface area contributed by atoms with Crippen LogP contribution in [0.3, 0.4) is 0 Å². The van der Waals surface area contributed by atoms with Gasteiger partial charge in [-0.05, 0) is 47.2 Å². The van der Waals surface area contributed by atoms with Crippen LogP contribution in [0.1, 0.15) is 23.0 Å². The van der Waals surface area contributed by atoms with Crippen LogP contribution in [0, 0.1) is 0 Å². The number of amides is 2. The van der Waals surface area contributed by atoms with E-state index in [0.717, 1.165) is 16.7 Å². The Balaban J connectivity index is 2.13. The Hall–Kier alpha value is -3.82. The van der Waals surface area contributed by atoms with Crippen LogP contribution in [0.15, 0.2) is 29.9 Å². The number of thiazole rings is 1. The molecular formula is C26H32F3N7O4S. The number of carbonyl (C=O) groups excluding carboxylic acids is 2. The number of ether oxygens (including phenoxy) is 2. The fourth-order valence-electron chi connectivity index (χ4n) is 3.36. The molecule has 3 aromatic heterocycles. The summed E-state index contributed by atoms with van der Waals surface area (Å²) in [5, 5.41) is 6.05. The molecule has 0 saturated carbocycles. The smallest absolute Gasteiger partial charge is 0.434 e. The number of rotatable bonds is 12. The van der Waals surface area contributed by atoms with E-state index >= 15 is 0 Å². The number of nitrogens with zero attached hydrogens (tertiary/aromatic N) is 5. The molecule has 3 rings (SSSR count). The van der Waals surface area contributed by atoms with Gasteiger partial charge in [0, 0.05) is 54.1 Å². The van der Waals surface area contributed by atoms with Crippen LogP contribution in [-0.2, 0) is 10.9 Å². The minimum atomic E-state index is -4.65. The minimum Gasteiger partial charge on any atom is -0.476 e. The van der Waals surface area contributed by atoms with Crippen LogP contribution >= 0.6 is 11.3 Å². The van der Waals surface area contributed by atoms with Gasteiger partial charge in [0.05, 0.1) is 5.56 Å². The van der Waals surface area contributed by atoms with Crippen molar-refractivity contribution in [3.63, 3.8) is 0 Å². The summed E-state index contributed by atoms with van der Waals surface area (Å²) in [6, 6.07) is 2.37. The molecule has 0 bridgehead atoms. The zero-order valence-electron chi connectivity index (χ0n) is 23.3. The second-order valence-corrected chi connectivity index (χ2v) is 10.2. The summed E-state index contributed by atoms with van der Waals surface area (Å²) in [5.74, 6) is -0.407. The van der Waals surface area contributed by atoms with Crippen LogP contribution in [0.2, 0.25) is 0 Å². The topological polar surface area (TPSA) is 122 Å². The minimum absolute atomic E-state index is 0.0203. The van der Waals surface area contributed by atoms with E-state index in [0.29, 0.717) is 30.8 Å². The lowest BCUT2D eigenvalue weighted by Gasteiger charge is -2.16. The van der Waals surface area contributed by atoms with Gasteiger partial charge in [0.2, 0.25) is 5.88 Å². The lowest BCUT2D eigenvalue weighted by Crippen LogP contribution is -2.28. The zero-order chi connectivity index (χ0) is 30.2. The maximum atomic E-state index is 13.4. The molecule has 0 fully saturated rings. The van der Waals surface area contributed by atoms with Gasteiger partial charge in [0.25, 0.3) is 0 Å². The van der Waals surface area contributed by atoms with Crippen molar-refractivity contribution >= 4 is 29.2 Å². The second-order valence-electron chi connectivity index (χ2n) is 9.30. The molecule has 0 saturated heterocycles. The van der Waals surface area contributed by atoms with Gasteiger partial charge >= 0.3 is 18.2 Å². The molecule has 3 heterocycles. The van der Waals surface area contributed by atoms with Gasteiger partial charge < -0.3 is 24.6 Å². The molecule has 0 spiro atoms. The average Bonchev–Trinajstić information content (AvgIpc) is 3.40. The largest absolute Gasteiger partial charge is 0.476 e. The Morgan fingerprint density at radius 1 is 0.976 bits per heavy atom. The van der Waals surface area contributed by atoms with Crippen LogP contribution < -0.4 is 15.4 Å². The van der Waals surface area contributed by atoms with Gasteiger partial charge in [0.1, 0.15) is 24.0 Å². The number of hydrogen-bond donors (Lipinski definition) is 2. The third-order valence-electron chi connectivity index (χ3n) is 5.43. The molecular weight excluding hydrogens is 563 g/mol. The number of urea groups is 1. The highest BCUT2D eigenvalue weighted by molar-refractivity contribution is 7.13. The number of aromatic nitrogens is 3. The van der Waals surface area contributed by atoms with Crippen molar-refractivity contribution in [3.05, 3.63) is 41.2 Å². The predicted molar refractivity (Wildman–Crippen MR) is 149 cm³/mol. The first-order valence-corrected chi connectivity index (χ1v) is 13.4. The number of anilines is 1. The van der Waals surface area contributed by atoms with E-state index in [-0.39, 0.29) is 41.0 Å². The number of pyridine rings is 2. The summed E-state index contributed by atoms with van der Waals surface area (Å²) < 4.78 is 51.5. The average molecular weight is 596 g/mol. The third-order valence-corrected chi connectivity index (χ3v) is 6.31. The summed E-state index contributed by atoms with van der Waals surface area (Å²) in [6.07, 6.45) is -1.97. The Morgan fingerprint density at radius 3 is 2.32 bits per heavy atom. The lowest BCUT2D eigenvalue weighted by molar-refractivity contribution is -0.140. The molecule has 0 unspecified atom stereocenters. The predicted octanol–water partition coefficient (Wildman–Crippen LogP) is 4.09. The van der Waals surface area contributed by atoms with Gasteiger partial charge in [-0.1, -0.05) is 0 Å². The number of esters is 1. The number of alkyl halides is 3. The monoisotopic (exact) mass is 595 g/mol. The van der Waals surface area contributed by atoms with Gasteiger partial charge in [-0.2, -0.15) is 13.2 Å². The molecule has 0 aliphatic rings. The first-order valence-electron chi connectivity index (χ1n) is 12.6. The Bertz CT molecular complexity index is 1350. The van der Waals surface area contributed by atoms with Crippen molar-refractivity contribution in [1.29, 1.82) is 0 Å². The SMILES string of the molecule is CCNC(=O)Nc1cc(-c2nc(C(F)(F)F)cs2)c(-c2cc(C(=O)OCCN(C)C)cnc2OCCN(C)C)cn1.